The zero-order chi connectivity index (χ0) is 19.8. The van der Waals surface area contributed by atoms with E-state index < -0.39 is 28.7 Å². The molecular formula is C14H14F3N5O2S3. The van der Waals surface area contributed by atoms with Gasteiger partial charge >= 0.3 is 6.18 Å². The van der Waals surface area contributed by atoms with Crippen LogP contribution in [0.25, 0.3) is 0 Å². The first kappa shape index (κ1) is 20.0. The molecule has 0 spiro atoms. The zero-order valence-corrected chi connectivity index (χ0v) is 16.3. The number of carbonyl (C=O) groups excluding carboxylic acids is 2. The fourth-order valence-corrected chi connectivity index (χ4v) is 5.13. The zero-order valence-electron chi connectivity index (χ0n) is 13.9. The number of aromatic nitrogens is 3. The Kier molecular flexibility index (Phi) is 5.45. The molecule has 13 heteroatoms. The van der Waals surface area contributed by atoms with Crippen molar-refractivity contribution in [1.82, 2.24) is 15.2 Å². The number of anilines is 1. The normalized spacial score (nSPS) is 16.7. The minimum atomic E-state index is -4.37. The van der Waals surface area contributed by atoms with Gasteiger partial charge < -0.3 is 11.1 Å². The highest BCUT2D eigenvalue weighted by Crippen LogP contribution is 2.59. The molecule has 1 atom stereocenters. The van der Waals surface area contributed by atoms with Crippen LogP contribution in [-0.2, 0) is 21.4 Å². The first-order valence-electron chi connectivity index (χ1n) is 7.72. The highest BCUT2D eigenvalue weighted by atomic mass is 32.2. The summed E-state index contributed by atoms with van der Waals surface area (Å²) in [4.78, 5) is 27.4. The molecule has 1 aliphatic carbocycles. The highest BCUT2D eigenvalue weighted by Gasteiger charge is 2.66. The summed E-state index contributed by atoms with van der Waals surface area (Å²) in [5.74, 6) is -0.923. The number of hydrogen-bond acceptors (Lipinski definition) is 8. The van der Waals surface area contributed by atoms with E-state index in [0.29, 0.717) is 10.0 Å². The third-order valence-corrected chi connectivity index (χ3v) is 7.11. The van der Waals surface area contributed by atoms with Gasteiger partial charge in [0.1, 0.15) is 10.4 Å². The Balaban J connectivity index is 1.58. The molecule has 0 aliphatic heterocycles. The lowest BCUT2D eigenvalue weighted by molar-refractivity contribution is -0.160. The van der Waals surface area contributed by atoms with E-state index in [4.69, 9.17) is 5.73 Å². The van der Waals surface area contributed by atoms with Crippen LogP contribution in [-0.4, -0.2) is 38.4 Å². The van der Waals surface area contributed by atoms with Crippen LogP contribution in [0.4, 0.5) is 18.3 Å². The van der Waals surface area contributed by atoms with Crippen molar-refractivity contribution in [1.29, 1.82) is 0 Å². The molecule has 146 valence electrons. The fraction of sp³-hybridized carbons (Fsp3) is 0.500. The molecule has 2 aromatic rings. The molecule has 0 saturated heterocycles. The third kappa shape index (κ3) is 4.41. The number of hydrogen-bond donors (Lipinski definition) is 2. The molecule has 2 heterocycles. The predicted octanol–water partition coefficient (Wildman–Crippen LogP) is 2.74. The molecule has 0 aromatic carbocycles. The lowest BCUT2D eigenvalue weighted by Gasteiger charge is -2.15. The molecule has 0 radical (unpaired) electrons. The van der Waals surface area contributed by atoms with Gasteiger partial charge in [-0.15, -0.1) is 21.5 Å². The van der Waals surface area contributed by atoms with Crippen LogP contribution in [0.2, 0.25) is 0 Å². The van der Waals surface area contributed by atoms with Gasteiger partial charge in [0.15, 0.2) is 4.34 Å². The molecule has 1 saturated carbocycles. The molecule has 1 fully saturated rings. The second kappa shape index (κ2) is 7.36. The summed E-state index contributed by atoms with van der Waals surface area (Å²) < 4.78 is 39.9. The van der Waals surface area contributed by atoms with Gasteiger partial charge in [0.05, 0.1) is 17.4 Å². The van der Waals surface area contributed by atoms with Gasteiger partial charge in [0.2, 0.25) is 16.9 Å². The van der Waals surface area contributed by atoms with Crippen LogP contribution in [0, 0.1) is 0 Å². The van der Waals surface area contributed by atoms with Crippen molar-refractivity contribution < 1.29 is 22.8 Å². The van der Waals surface area contributed by atoms with Crippen LogP contribution >= 0.6 is 34.4 Å². The number of amides is 2. The van der Waals surface area contributed by atoms with Gasteiger partial charge in [-0.2, -0.15) is 13.2 Å². The molecule has 0 bridgehead atoms. The van der Waals surface area contributed by atoms with E-state index >= 15 is 0 Å². The van der Waals surface area contributed by atoms with Gasteiger partial charge in [-0.05, 0) is 19.8 Å². The topological polar surface area (TPSA) is 111 Å². The molecule has 3 rings (SSSR count). The Hall–Kier alpha value is -1.73. The summed E-state index contributed by atoms with van der Waals surface area (Å²) >= 11 is 3.21. The lowest BCUT2D eigenvalue weighted by atomic mass is 10.1. The highest BCUT2D eigenvalue weighted by molar-refractivity contribution is 8.02. The summed E-state index contributed by atoms with van der Waals surface area (Å²) in [6.07, 6.45) is -4.46. The number of rotatable bonds is 7. The number of thioether (sulfide) groups is 1. The van der Waals surface area contributed by atoms with Crippen molar-refractivity contribution in [3.63, 3.8) is 0 Å². The number of nitrogens with one attached hydrogen (secondary N) is 1. The van der Waals surface area contributed by atoms with E-state index in [9.17, 15) is 22.8 Å². The van der Waals surface area contributed by atoms with E-state index in [1.807, 2.05) is 0 Å². The number of halogens is 3. The standard InChI is InChI=1S/C14H14F3N5O2S3/c1-6(9(18)24)26-12-19-7(5-25-12)4-8(23)20-11-22-21-10(27-11)13(2-3-13)14(15,16)17/h5-6H,2-4H2,1H3,(H2,18,24)(H,20,22,23). The van der Waals surface area contributed by atoms with Gasteiger partial charge in [-0.1, -0.05) is 23.1 Å². The number of carbonyl (C=O) groups is 2. The SMILES string of the molecule is CC(Sc1nc(CC(=O)Nc2nnc(C3(C(F)(F)F)CC3)s2)cs1)C(N)=O. The largest absolute Gasteiger partial charge is 0.400 e. The number of nitrogens with two attached hydrogens (primary N) is 1. The Labute approximate surface area is 164 Å². The maximum atomic E-state index is 13.1. The van der Waals surface area contributed by atoms with Crippen molar-refractivity contribution >= 4 is 51.4 Å². The first-order valence-corrected chi connectivity index (χ1v) is 10.3. The second-order valence-electron chi connectivity index (χ2n) is 5.98. The van der Waals surface area contributed by atoms with Crippen LogP contribution in [0.1, 0.15) is 30.5 Å². The van der Waals surface area contributed by atoms with Crippen molar-refractivity contribution in [3.8, 4) is 0 Å². The van der Waals surface area contributed by atoms with E-state index in [0.717, 1.165) is 11.3 Å². The second-order valence-corrected chi connectivity index (χ2v) is 9.41. The molecular weight excluding hydrogens is 423 g/mol. The lowest BCUT2D eigenvalue weighted by Crippen LogP contribution is -2.28. The van der Waals surface area contributed by atoms with Crippen molar-refractivity contribution in [2.75, 3.05) is 5.32 Å². The quantitative estimate of drug-likeness (QED) is 0.645. The summed E-state index contributed by atoms with van der Waals surface area (Å²) in [5.41, 5.74) is 3.76. The number of nitrogens with zero attached hydrogens (tertiary/aromatic N) is 3. The molecule has 27 heavy (non-hydrogen) atoms. The van der Waals surface area contributed by atoms with Crippen LogP contribution < -0.4 is 11.1 Å². The Bertz CT molecular complexity index is 862. The van der Waals surface area contributed by atoms with E-state index in [1.54, 1.807) is 12.3 Å². The van der Waals surface area contributed by atoms with Crippen LogP contribution in [0.3, 0.4) is 0 Å². The monoisotopic (exact) mass is 437 g/mol. The molecule has 7 nitrogen and oxygen atoms in total. The first-order chi connectivity index (χ1) is 12.6. The number of alkyl halides is 3. The minimum absolute atomic E-state index is 0.0118. The summed E-state index contributed by atoms with van der Waals surface area (Å²) in [6.45, 7) is 1.65. The van der Waals surface area contributed by atoms with Gasteiger partial charge in [-0.25, -0.2) is 4.98 Å². The van der Waals surface area contributed by atoms with Gasteiger partial charge in [0, 0.05) is 5.38 Å². The Morgan fingerprint density at radius 3 is 2.70 bits per heavy atom. The average molecular weight is 437 g/mol. The summed E-state index contributed by atoms with van der Waals surface area (Å²) in [6, 6.07) is 0. The van der Waals surface area contributed by atoms with E-state index in [1.165, 1.54) is 23.1 Å². The van der Waals surface area contributed by atoms with E-state index in [-0.39, 0.29) is 29.4 Å². The Morgan fingerprint density at radius 2 is 2.11 bits per heavy atom. The molecule has 3 N–H and O–H groups in total. The third-order valence-electron chi connectivity index (χ3n) is 3.92. The summed E-state index contributed by atoms with van der Waals surface area (Å²) in [7, 11) is 0. The molecule has 1 unspecified atom stereocenters. The van der Waals surface area contributed by atoms with Crippen molar-refractivity contribution in [3.05, 3.63) is 16.1 Å². The average Bonchev–Trinajstić information content (AvgIpc) is 3.09. The summed E-state index contributed by atoms with van der Waals surface area (Å²) in [5, 5.41) is 10.8. The van der Waals surface area contributed by atoms with Crippen molar-refractivity contribution in [2.45, 2.75) is 47.4 Å². The maximum absolute atomic E-state index is 13.1. The predicted molar refractivity (Wildman–Crippen MR) is 95.8 cm³/mol. The van der Waals surface area contributed by atoms with E-state index in [2.05, 4.69) is 20.5 Å². The fourth-order valence-electron chi connectivity index (χ4n) is 2.17. The molecule has 2 aromatic heterocycles. The molecule has 1 aliphatic rings. The van der Waals surface area contributed by atoms with Gasteiger partial charge in [-0.3, -0.25) is 9.59 Å². The van der Waals surface area contributed by atoms with Crippen LogP contribution in [0.15, 0.2) is 9.72 Å². The smallest absolute Gasteiger partial charge is 0.369 e. The Morgan fingerprint density at radius 1 is 1.41 bits per heavy atom. The maximum Gasteiger partial charge on any atom is 0.400 e. The molecule has 2 amide bonds. The van der Waals surface area contributed by atoms with Gasteiger partial charge in [0.25, 0.3) is 0 Å². The van der Waals surface area contributed by atoms with Crippen molar-refractivity contribution in [2.24, 2.45) is 5.73 Å². The number of primary amides is 1. The number of thiazole rings is 1. The van der Waals surface area contributed by atoms with Crippen LogP contribution in [0.5, 0.6) is 0 Å². The minimum Gasteiger partial charge on any atom is -0.369 e.